The third-order valence-corrected chi connectivity index (χ3v) is 3.49. The second kappa shape index (κ2) is 3.16. The highest BCUT2D eigenvalue weighted by Gasteiger charge is 2.37. The summed E-state index contributed by atoms with van der Waals surface area (Å²) in [6.45, 7) is 11.2. The Morgan fingerprint density at radius 2 is 1.81 bits per heavy atom. The van der Waals surface area contributed by atoms with Gasteiger partial charge in [0.25, 0.3) is 0 Å². The fourth-order valence-electron chi connectivity index (χ4n) is 3.00. The van der Waals surface area contributed by atoms with E-state index in [2.05, 4.69) is 52.1 Å². The molecule has 0 fully saturated rings. The summed E-state index contributed by atoms with van der Waals surface area (Å²) in [4.78, 5) is 0. The van der Waals surface area contributed by atoms with Crippen molar-refractivity contribution in [3.63, 3.8) is 0 Å². The summed E-state index contributed by atoms with van der Waals surface area (Å²) >= 11 is 0. The first-order chi connectivity index (χ1) is 7.21. The molecule has 0 saturated carbocycles. The van der Waals surface area contributed by atoms with Gasteiger partial charge in [-0.05, 0) is 55.9 Å². The molecule has 1 aromatic carbocycles. The number of nitrogens with two attached hydrogens (primary N) is 1. The van der Waals surface area contributed by atoms with Crippen LogP contribution in [0.3, 0.4) is 0 Å². The van der Waals surface area contributed by atoms with E-state index in [4.69, 9.17) is 5.73 Å². The van der Waals surface area contributed by atoms with Crippen molar-refractivity contribution in [3.8, 4) is 0 Å². The predicted molar refractivity (Wildman–Crippen MR) is 70.9 cm³/mol. The van der Waals surface area contributed by atoms with E-state index in [0.717, 1.165) is 17.7 Å². The number of aryl methyl sites for hydroxylation is 1. The molecule has 0 atom stereocenters. The molecule has 1 aliphatic rings. The van der Waals surface area contributed by atoms with Crippen LogP contribution in [0, 0.1) is 6.92 Å². The molecule has 0 aromatic heterocycles. The SMILES string of the molecule is Cc1cc2c(cc1N)C(C)(C)CC(C)(C)N2. The van der Waals surface area contributed by atoms with Crippen LogP contribution in [0.1, 0.15) is 45.2 Å². The molecule has 0 unspecified atom stereocenters. The number of rotatable bonds is 0. The lowest BCUT2D eigenvalue weighted by molar-refractivity contribution is 0.355. The van der Waals surface area contributed by atoms with Gasteiger partial charge in [-0.25, -0.2) is 0 Å². The summed E-state index contributed by atoms with van der Waals surface area (Å²) in [5.41, 5.74) is 11.0. The molecule has 1 aliphatic heterocycles. The highest BCUT2D eigenvalue weighted by molar-refractivity contribution is 5.66. The number of hydrogen-bond acceptors (Lipinski definition) is 2. The van der Waals surface area contributed by atoms with Gasteiger partial charge in [0.05, 0.1) is 0 Å². The summed E-state index contributed by atoms with van der Waals surface area (Å²) in [7, 11) is 0. The van der Waals surface area contributed by atoms with Gasteiger partial charge in [0.1, 0.15) is 0 Å². The van der Waals surface area contributed by atoms with Gasteiger partial charge in [-0.15, -0.1) is 0 Å². The van der Waals surface area contributed by atoms with E-state index in [1.807, 2.05) is 0 Å². The molecule has 0 amide bonds. The average molecular weight is 218 g/mol. The van der Waals surface area contributed by atoms with Gasteiger partial charge in [-0.1, -0.05) is 13.8 Å². The van der Waals surface area contributed by atoms with Crippen molar-refractivity contribution in [2.24, 2.45) is 0 Å². The fourth-order valence-corrected chi connectivity index (χ4v) is 3.00. The lowest BCUT2D eigenvalue weighted by Gasteiger charge is -2.44. The minimum atomic E-state index is 0.152. The highest BCUT2D eigenvalue weighted by atomic mass is 15.0. The molecule has 88 valence electrons. The quantitative estimate of drug-likeness (QED) is 0.655. The van der Waals surface area contributed by atoms with Crippen LogP contribution in [-0.2, 0) is 5.41 Å². The monoisotopic (exact) mass is 218 g/mol. The van der Waals surface area contributed by atoms with Crippen molar-refractivity contribution < 1.29 is 0 Å². The maximum atomic E-state index is 6.00. The van der Waals surface area contributed by atoms with Crippen LogP contribution < -0.4 is 11.1 Å². The molecular weight excluding hydrogens is 196 g/mol. The van der Waals surface area contributed by atoms with Gasteiger partial charge in [-0.2, -0.15) is 0 Å². The Morgan fingerprint density at radius 1 is 1.19 bits per heavy atom. The van der Waals surface area contributed by atoms with Crippen molar-refractivity contribution in [2.75, 3.05) is 11.1 Å². The Bertz CT molecular complexity index is 431. The molecule has 1 heterocycles. The van der Waals surface area contributed by atoms with Crippen molar-refractivity contribution in [1.29, 1.82) is 0 Å². The molecule has 2 rings (SSSR count). The van der Waals surface area contributed by atoms with E-state index >= 15 is 0 Å². The minimum absolute atomic E-state index is 0.152. The summed E-state index contributed by atoms with van der Waals surface area (Å²) in [5, 5.41) is 3.60. The Kier molecular flexibility index (Phi) is 2.23. The predicted octanol–water partition coefficient (Wildman–Crippen LogP) is 3.45. The van der Waals surface area contributed by atoms with E-state index in [-0.39, 0.29) is 11.0 Å². The largest absolute Gasteiger partial charge is 0.399 e. The summed E-state index contributed by atoms with van der Waals surface area (Å²) in [5.74, 6) is 0. The average Bonchev–Trinajstić information content (AvgIpc) is 2.06. The van der Waals surface area contributed by atoms with E-state index in [0.29, 0.717) is 0 Å². The summed E-state index contributed by atoms with van der Waals surface area (Å²) in [6.07, 6.45) is 1.12. The summed E-state index contributed by atoms with van der Waals surface area (Å²) in [6, 6.07) is 4.31. The van der Waals surface area contributed by atoms with Crippen molar-refractivity contribution in [2.45, 2.75) is 52.0 Å². The molecule has 2 nitrogen and oxygen atoms in total. The molecule has 0 aliphatic carbocycles. The number of benzene rings is 1. The van der Waals surface area contributed by atoms with Crippen molar-refractivity contribution in [1.82, 2.24) is 0 Å². The molecule has 16 heavy (non-hydrogen) atoms. The maximum absolute atomic E-state index is 6.00. The molecule has 0 spiro atoms. The van der Waals surface area contributed by atoms with Gasteiger partial charge in [0, 0.05) is 16.9 Å². The van der Waals surface area contributed by atoms with Crippen LogP contribution in [0.2, 0.25) is 0 Å². The standard InChI is InChI=1S/C14H22N2/c1-9-6-12-10(7-11(9)15)13(2,3)8-14(4,5)16-12/h6-7,16H,8,15H2,1-5H3. The van der Waals surface area contributed by atoms with Crippen LogP contribution in [0.5, 0.6) is 0 Å². The highest BCUT2D eigenvalue weighted by Crippen LogP contribution is 2.44. The van der Waals surface area contributed by atoms with E-state index in [9.17, 15) is 0 Å². The fraction of sp³-hybridized carbons (Fsp3) is 0.571. The van der Waals surface area contributed by atoms with Gasteiger partial charge < -0.3 is 11.1 Å². The van der Waals surface area contributed by atoms with Crippen molar-refractivity contribution >= 4 is 11.4 Å². The summed E-state index contributed by atoms with van der Waals surface area (Å²) < 4.78 is 0. The number of fused-ring (bicyclic) bond motifs is 1. The van der Waals surface area contributed by atoms with Gasteiger partial charge in [-0.3, -0.25) is 0 Å². The number of anilines is 2. The molecule has 0 saturated heterocycles. The van der Waals surface area contributed by atoms with Crippen molar-refractivity contribution in [3.05, 3.63) is 23.3 Å². The molecule has 1 aromatic rings. The first kappa shape index (κ1) is 11.3. The molecule has 2 heteroatoms. The number of hydrogen-bond donors (Lipinski definition) is 2. The van der Waals surface area contributed by atoms with Crippen LogP contribution in [0.4, 0.5) is 11.4 Å². The zero-order valence-electron chi connectivity index (χ0n) is 10.9. The Morgan fingerprint density at radius 3 is 2.44 bits per heavy atom. The second-order valence-electron chi connectivity index (χ2n) is 6.32. The van der Waals surface area contributed by atoms with Crippen LogP contribution in [-0.4, -0.2) is 5.54 Å². The van der Waals surface area contributed by atoms with Crippen LogP contribution in [0.15, 0.2) is 12.1 Å². The Labute approximate surface area is 98.2 Å². The Hall–Kier alpha value is -1.18. The van der Waals surface area contributed by atoms with E-state index < -0.39 is 0 Å². The van der Waals surface area contributed by atoms with Gasteiger partial charge >= 0.3 is 0 Å². The van der Waals surface area contributed by atoms with Crippen LogP contribution >= 0.6 is 0 Å². The first-order valence-corrected chi connectivity index (χ1v) is 5.90. The van der Waals surface area contributed by atoms with E-state index in [1.165, 1.54) is 11.3 Å². The Balaban J connectivity index is 2.60. The molecule has 0 bridgehead atoms. The third-order valence-electron chi connectivity index (χ3n) is 3.49. The number of nitrogen functional groups attached to an aromatic ring is 1. The molecule has 3 N–H and O–H groups in total. The van der Waals surface area contributed by atoms with Gasteiger partial charge in [0.2, 0.25) is 0 Å². The second-order valence-corrected chi connectivity index (χ2v) is 6.32. The van der Waals surface area contributed by atoms with Crippen LogP contribution in [0.25, 0.3) is 0 Å². The minimum Gasteiger partial charge on any atom is -0.399 e. The normalized spacial score (nSPS) is 21.1. The maximum Gasteiger partial charge on any atom is 0.0386 e. The molecular formula is C14H22N2. The zero-order chi connectivity index (χ0) is 12.1. The smallest absolute Gasteiger partial charge is 0.0386 e. The van der Waals surface area contributed by atoms with E-state index in [1.54, 1.807) is 0 Å². The first-order valence-electron chi connectivity index (χ1n) is 5.90. The number of nitrogens with one attached hydrogen (secondary N) is 1. The molecule has 0 radical (unpaired) electrons. The lowest BCUT2D eigenvalue weighted by Crippen LogP contribution is -2.43. The zero-order valence-corrected chi connectivity index (χ0v) is 10.9. The third kappa shape index (κ3) is 1.77. The van der Waals surface area contributed by atoms with Gasteiger partial charge in [0.15, 0.2) is 0 Å². The lowest BCUT2D eigenvalue weighted by atomic mass is 9.71. The topological polar surface area (TPSA) is 38.0 Å².